The van der Waals surface area contributed by atoms with Gasteiger partial charge < -0.3 is 14.6 Å². The second kappa shape index (κ2) is 10.6. The van der Waals surface area contributed by atoms with Gasteiger partial charge in [-0.25, -0.2) is 0 Å². The Bertz CT molecular complexity index is 1030. The predicted molar refractivity (Wildman–Crippen MR) is 118 cm³/mol. The first kappa shape index (κ1) is 22.3. The van der Waals surface area contributed by atoms with Crippen molar-refractivity contribution in [3.63, 3.8) is 0 Å². The number of rotatable bonds is 10. The number of ether oxygens (including phenoxy) is 1. The lowest BCUT2D eigenvalue weighted by Gasteiger charge is -2.09. The van der Waals surface area contributed by atoms with Gasteiger partial charge in [0.1, 0.15) is 12.4 Å². The number of anilines is 1. The summed E-state index contributed by atoms with van der Waals surface area (Å²) in [5.74, 6) is 1.34. The van der Waals surface area contributed by atoms with Crippen molar-refractivity contribution in [2.24, 2.45) is 0 Å². The van der Waals surface area contributed by atoms with Gasteiger partial charge in [-0.05, 0) is 43.2 Å². The fraction of sp³-hybridized carbons (Fsp3) is 0.286. The third-order valence-electron chi connectivity index (χ3n) is 4.50. The van der Waals surface area contributed by atoms with Crippen LogP contribution < -0.4 is 10.1 Å². The minimum Gasteiger partial charge on any atom is -0.486 e. The summed E-state index contributed by atoms with van der Waals surface area (Å²) in [6, 6.07) is 13.6. The lowest BCUT2D eigenvalue weighted by atomic mass is 10.2. The van der Waals surface area contributed by atoms with Crippen molar-refractivity contribution in [3.05, 3.63) is 70.0 Å². The van der Waals surface area contributed by atoms with Crippen molar-refractivity contribution in [1.82, 2.24) is 14.8 Å². The van der Waals surface area contributed by atoms with Crippen LogP contribution in [0.15, 0.2) is 53.7 Å². The molecule has 2 aromatic carbocycles. The summed E-state index contributed by atoms with van der Waals surface area (Å²) in [5, 5.41) is 22.4. The molecule has 1 heterocycles. The molecule has 0 radical (unpaired) electrons. The van der Waals surface area contributed by atoms with Crippen molar-refractivity contribution in [2.45, 2.75) is 38.6 Å². The van der Waals surface area contributed by atoms with E-state index < -0.39 is 4.92 Å². The van der Waals surface area contributed by atoms with Crippen molar-refractivity contribution in [2.75, 3.05) is 11.1 Å². The van der Waals surface area contributed by atoms with Crippen LogP contribution in [-0.2, 0) is 24.4 Å². The van der Waals surface area contributed by atoms with Gasteiger partial charge in [-0.15, -0.1) is 10.2 Å². The summed E-state index contributed by atoms with van der Waals surface area (Å²) in [6.07, 6.45) is 0.975. The van der Waals surface area contributed by atoms with Crippen LogP contribution in [0, 0.1) is 10.1 Å². The fourth-order valence-corrected chi connectivity index (χ4v) is 3.63. The number of benzene rings is 2. The molecule has 1 amide bonds. The number of thioether (sulfide) groups is 1. The van der Waals surface area contributed by atoms with Gasteiger partial charge in [-0.3, -0.25) is 14.9 Å². The van der Waals surface area contributed by atoms with Crippen molar-refractivity contribution < 1.29 is 14.5 Å². The van der Waals surface area contributed by atoms with E-state index in [1.54, 1.807) is 0 Å². The first-order valence-electron chi connectivity index (χ1n) is 9.81. The van der Waals surface area contributed by atoms with Crippen LogP contribution in [0.3, 0.4) is 0 Å². The Labute approximate surface area is 184 Å². The third-order valence-corrected chi connectivity index (χ3v) is 5.47. The van der Waals surface area contributed by atoms with E-state index in [2.05, 4.69) is 22.4 Å². The van der Waals surface area contributed by atoms with E-state index in [0.717, 1.165) is 12.2 Å². The van der Waals surface area contributed by atoms with Gasteiger partial charge in [0.05, 0.1) is 10.7 Å². The Kier molecular flexibility index (Phi) is 7.60. The maximum absolute atomic E-state index is 12.2. The number of aromatic nitrogens is 3. The molecule has 162 valence electrons. The molecule has 3 rings (SSSR count). The van der Waals surface area contributed by atoms with Crippen molar-refractivity contribution >= 4 is 29.0 Å². The molecule has 31 heavy (non-hydrogen) atoms. The highest BCUT2D eigenvalue weighted by Gasteiger charge is 2.14. The Balaban J connectivity index is 1.54. The average Bonchev–Trinajstić information content (AvgIpc) is 3.18. The molecule has 0 saturated heterocycles. The van der Waals surface area contributed by atoms with E-state index in [1.165, 1.54) is 41.6 Å². The van der Waals surface area contributed by atoms with Gasteiger partial charge in [0, 0.05) is 24.4 Å². The van der Waals surface area contributed by atoms with Gasteiger partial charge in [0.15, 0.2) is 11.0 Å². The zero-order chi connectivity index (χ0) is 22.2. The van der Waals surface area contributed by atoms with Crippen LogP contribution >= 0.6 is 11.8 Å². The summed E-state index contributed by atoms with van der Waals surface area (Å²) >= 11 is 1.27. The zero-order valence-corrected chi connectivity index (χ0v) is 18.1. The Hall–Kier alpha value is -3.40. The van der Waals surface area contributed by atoms with Crippen molar-refractivity contribution in [1.29, 1.82) is 0 Å². The van der Waals surface area contributed by atoms with E-state index in [-0.39, 0.29) is 24.0 Å². The first-order chi connectivity index (χ1) is 15.0. The van der Waals surface area contributed by atoms with Crippen molar-refractivity contribution in [3.8, 4) is 5.75 Å². The van der Waals surface area contributed by atoms with E-state index >= 15 is 0 Å². The van der Waals surface area contributed by atoms with Gasteiger partial charge >= 0.3 is 0 Å². The molecule has 3 aromatic rings. The van der Waals surface area contributed by atoms with Crippen LogP contribution in [0.1, 0.15) is 25.2 Å². The van der Waals surface area contributed by atoms with Gasteiger partial charge in [-0.2, -0.15) is 0 Å². The molecule has 0 spiro atoms. The number of nitro groups is 1. The second-order valence-electron chi connectivity index (χ2n) is 6.57. The highest BCUT2D eigenvalue weighted by atomic mass is 32.2. The number of nitro benzene ring substituents is 1. The van der Waals surface area contributed by atoms with E-state index in [9.17, 15) is 14.9 Å². The third kappa shape index (κ3) is 6.05. The molecule has 9 nitrogen and oxygen atoms in total. The normalized spacial score (nSPS) is 10.6. The highest BCUT2D eigenvalue weighted by Crippen LogP contribution is 2.20. The zero-order valence-electron chi connectivity index (χ0n) is 17.3. The number of carbonyl (C=O) groups is 1. The predicted octanol–water partition coefficient (Wildman–Crippen LogP) is 4.08. The largest absolute Gasteiger partial charge is 0.486 e. The molecule has 0 aliphatic carbocycles. The maximum Gasteiger partial charge on any atom is 0.269 e. The molecular weight excluding hydrogens is 418 g/mol. The standard InChI is InChI=1S/C21H23N5O4S/c1-3-15-5-11-18(12-6-15)30-13-19-23-24-21(25(19)4-2)31-14-20(27)22-16-7-9-17(10-8-16)26(28)29/h5-12H,3-4,13-14H2,1-2H3,(H,22,27). The fourth-order valence-electron chi connectivity index (χ4n) is 2.81. The number of non-ortho nitro benzene ring substituents is 1. The number of nitrogens with one attached hydrogen (secondary N) is 1. The average molecular weight is 442 g/mol. The number of carbonyl (C=O) groups excluding carboxylic acids is 1. The number of amides is 1. The summed E-state index contributed by atoms with van der Waals surface area (Å²) < 4.78 is 7.73. The Morgan fingerprint density at radius 3 is 2.45 bits per heavy atom. The molecule has 1 N–H and O–H groups in total. The Morgan fingerprint density at radius 2 is 1.84 bits per heavy atom. The summed E-state index contributed by atoms with van der Waals surface area (Å²) in [7, 11) is 0. The minimum absolute atomic E-state index is 0.0283. The number of hydrogen-bond donors (Lipinski definition) is 1. The monoisotopic (exact) mass is 441 g/mol. The summed E-state index contributed by atoms with van der Waals surface area (Å²) in [6.45, 7) is 5.00. The van der Waals surface area contributed by atoms with E-state index in [1.807, 2.05) is 35.8 Å². The van der Waals surface area contributed by atoms with E-state index in [0.29, 0.717) is 23.2 Å². The molecule has 0 fully saturated rings. The van der Waals surface area contributed by atoms with Gasteiger partial charge in [-0.1, -0.05) is 30.8 Å². The van der Waals surface area contributed by atoms with Crippen LogP contribution in [-0.4, -0.2) is 31.3 Å². The summed E-state index contributed by atoms with van der Waals surface area (Å²) in [4.78, 5) is 22.4. The SMILES string of the molecule is CCc1ccc(OCc2nnc(SCC(=O)Nc3ccc([N+](=O)[O-])cc3)n2CC)cc1. The molecule has 0 atom stereocenters. The molecule has 0 saturated carbocycles. The highest BCUT2D eigenvalue weighted by molar-refractivity contribution is 7.99. The molecule has 0 aliphatic heterocycles. The lowest BCUT2D eigenvalue weighted by molar-refractivity contribution is -0.384. The molecule has 10 heteroatoms. The molecule has 0 unspecified atom stereocenters. The molecule has 0 bridgehead atoms. The smallest absolute Gasteiger partial charge is 0.269 e. The number of hydrogen-bond acceptors (Lipinski definition) is 7. The first-order valence-corrected chi connectivity index (χ1v) is 10.8. The lowest BCUT2D eigenvalue weighted by Crippen LogP contribution is -2.15. The van der Waals surface area contributed by atoms with Gasteiger partial charge in [0.25, 0.3) is 5.69 Å². The van der Waals surface area contributed by atoms with Crippen LogP contribution in [0.5, 0.6) is 5.75 Å². The molecule has 1 aromatic heterocycles. The van der Waals surface area contributed by atoms with Crippen LogP contribution in [0.25, 0.3) is 0 Å². The summed E-state index contributed by atoms with van der Waals surface area (Å²) in [5.41, 5.74) is 1.71. The number of nitrogens with zero attached hydrogens (tertiary/aromatic N) is 4. The van der Waals surface area contributed by atoms with E-state index in [4.69, 9.17) is 4.74 Å². The van der Waals surface area contributed by atoms with Crippen LogP contribution in [0.2, 0.25) is 0 Å². The second-order valence-corrected chi connectivity index (χ2v) is 7.51. The minimum atomic E-state index is -0.486. The number of aryl methyl sites for hydroxylation is 1. The maximum atomic E-state index is 12.2. The van der Waals surface area contributed by atoms with Gasteiger partial charge in [0.2, 0.25) is 5.91 Å². The molecular formula is C21H23N5O4S. The van der Waals surface area contributed by atoms with Crippen LogP contribution in [0.4, 0.5) is 11.4 Å². The molecule has 0 aliphatic rings. The Morgan fingerprint density at radius 1 is 1.13 bits per heavy atom. The topological polar surface area (TPSA) is 112 Å². The quantitative estimate of drug-likeness (QED) is 0.287.